The Labute approximate surface area is 213 Å². The zero-order valence-electron chi connectivity index (χ0n) is 20.5. The molecule has 1 amide bonds. The van der Waals surface area contributed by atoms with E-state index in [0.717, 1.165) is 33.5 Å². The molecule has 3 N–H and O–H groups in total. The van der Waals surface area contributed by atoms with Crippen molar-refractivity contribution in [2.75, 3.05) is 12.5 Å². The van der Waals surface area contributed by atoms with Crippen molar-refractivity contribution in [3.63, 3.8) is 0 Å². The van der Waals surface area contributed by atoms with E-state index in [9.17, 15) is 4.79 Å². The van der Waals surface area contributed by atoms with E-state index in [2.05, 4.69) is 32.0 Å². The number of hydrogen-bond donors (Lipinski definition) is 3. The lowest BCUT2D eigenvalue weighted by Gasteiger charge is -2.25. The fourth-order valence-electron chi connectivity index (χ4n) is 4.05. The lowest BCUT2D eigenvalue weighted by Crippen LogP contribution is -2.37. The molecule has 4 aromatic rings. The fraction of sp³-hybridized carbons (Fsp3) is 0.269. The summed E-state index contributed by atoms with van der Waals surface area (Å²) in [5, 5.41) is 15.6. The van der Waals surface area contributed by atoms with E-state index in [1.54, 1.807) is 7.11 Å². The molecule has 0 unspecified atom stereocenters. The Balaban J connectivity index is 1.47. The van der Waals surface area contributed by atoms with Crippen molar-refractivity contribution >= 4 is 34.5 Å². The molecule has 0 spiro atoms. The van der Waals surface area contributed by atoms with Crippen LogP contribution in [0.1, 0.15) is 43.8 Å². The zero-order chi connectivity index (χ0) is 25.3. The summed E-state index contributed by atoms with van der Waals surface area (Å²) in [7, 11) is 1.64. The van der Waals surface area contributed by atoms with Gasteiger partial charge in [0.25, 0.3) is 0 Å². The van der Waals surface area contributed by atoms with Crippen LogP contribution in [0.2, 0.25) is 0 Å². The Bertz CT molecular complexity index is 1430. The van der Waals surface area contributed by atoms with Gasteiger partial charge in [0.15, 0.2) is 5.82 Å². The molecule has 186 valence electrons. The molecule has 2 aromatic heterocycles. The van der Waals surface area contributed by atoms with Gasteiger partial charge in [0.05, 0.1) is 18.8 Å². The predicted molar refractivity (Wildman–Crippen MR) is 140 cm³/mol. The third-order valence-corrected chi connectivity index (χ3v) is 6.48. The molecule has 0 radical (unpaired) electrons. The number of ether oxygens (including phenoxy) is 2. The molecule has 0 saturated heterocycles. The van der Waals surface area contributed by atoms with E-state index < -0.39 is 17.7 Å². The van der Waals surface area contributed by atoms with E-state index >= 15 is 0 Å². The smallest absolute Gasteiger partial charge is 0.408 e. The number of amides is 1. The molecule has 10 heteroatoms. The third-order valence-electron chi connectivity index (χ3n) is 5.66. The van der Waals surface area contributed by atoms with E-state index in [4.69, 9.17) is 9.47 Å². The highest BCUT2D eigenvalue weighted by Gasteiger charge is 2.29. The molecule has 0 bridgehead atoms. The highest BCUT2D eigenvalue weighted by Crippen LogP contribution is 2.32. The van der Waals surface area contributed by atoms with Crippen LogP contribution >= 0.6 is 11.8 Å². The van der Waals surface area contributed by atoms with Crippen molar-refractivity contribution in [2.24, 2.45) is 0 Å². The molecule has 9 nitrogen and oxygen atoms in total. The number of carbonyl (C=O) groups is 1. The maximum Gasteiger partial charge on any atom is 0.408 e. The van der Waals surface area contributed by atoms with Gasteiger partial charge < -0.3 is 19.8 Å². The van der Waals surface area contributed by atoms with Crippen molar-refractivity contribution in [1.82, 2.24) is 25.2 Å². The van der Waals surface area contributed by atoms with Crippen molar-refractivity contribution in [3.05, 3.63) is 77.1 Å². The van der Waals surface area contributed by atoms with E-state index in [1.807, 2.05) is 79.5 Å². The monoisotopic (exact) mass is 504 g/mol. The average molecular weight is 505 g/mol. The van der Waals surface area contributed by atoms with Crippen molar-refractivity contribution in [3.8, 4) is 5.75 Å². The van der Waals surface area contributed by atoms with E-state index in [-0.39, 0.29) is 0 Å². The first-order chi connectivity index (χ1) is 17.3. The van der Waals surface area contributed by atoms with Gasteiger partial charge in [-0.2, -0.15) is 0 Å². The molecular formula is C26H28N6O3S. The van der Waals surface area contributed by atoms with Gasteiger partial charge in [-0.25, -0.2) is 9.47 Å². The number of alkyl carbamates (subject to hydrolysis) is 1. The Hall–Kier alpha value is -3.92. The number of nitrogens with one attached hydrogen (secondary N) is 3. The first-order valence-corrected chi connectivity index (χ1v) is 12.5. The first-order valence-electron chi connectivity index (χ1n) is 11.6. The maximum absolute atomic E-state index is 12.8. The minimum atomic E-state index is -0.629. The molecular weight excluding hydrogens is 476 g/mol. The molecule has 1 aliphatic heterocycles. The largest absolute Gasteiger partial charge is 0.497 e. The Morgan fingerprint density at radius 1 is 1.17 bits per heavy atom. The summed E-state index contributed by atoms with van der Waals surface area (Å²) >= 11 is 1.46. The van der Waals surface area contributed by atoms with Crippen molar-refractivity contribution in [2.45, 2.75) is 44.0 Å². The molecule has 2 aromatic carbocycles. The van der Waals surface area contributed by atoms with Gasteiger partial charge >= 0.3 is 6.09 Å². The molecule has 0 fully saturated rings. The van der Waals surface area contributed by atoms with Gasteiger partial charge in [-0.1, -0.05) is 42.1 Å². The summed E-state index contributed by atoms with van der Waals surface area (Å²) in [5.41, 5.74) is 6.69. The average Bonchev–Trinajstić information content (AvgIpc) is 3.46. The van der Waals surface area contributed by atoms with Crippen LogP contribution in [-0.4, -0.2) is 38.7 Å². The molecule has 1 atom stereocenters. The van der Waals surface area contributed by atoms with Crippen LogP contribution in [0.5, 0.6) is 5.75 Å². The van der Waals surface area contributed by atoms with E-state index in [1.165, 1.54) is 11.8 Å². The maximum atomic E-state index is 12.8. The first kappa shape index (κ1) is 23.8. The van der Waals surface area contributed by atoms with Gasteiger partial charge in [-0.15, -0.1) is 10.2 Å². The number of thioether (sulfide) groups is 1. The number of methoxy groups -OCH3 is 1. The van der Waals surface area contributed by atoms with Crippen LogP contribution in [0.25, 0.3) is 16.6 Å². The Morgan fingerprint density at radius 2 is 2.00 bits per heavy atom. The predicted octanol–water partition coefficient (Wildman–Crippen LogP) is 5.22. The van der Waals surface area contributed by atoms with Crippen LogP contribution in [0.3, 0.4) is 0 Å². The summed E-state index contributed by atoms with van der Waals surface area (Å²) in [4.78, 5) is 16.1. The number of para-hydroxylation sites is 1. The number of carbonyl (C=O) groups excluding carboxylic acids is 1. The number of benzene rings is 2. The number of hydrogen-bond acceptors (Lipinski definition) is 7. The number of aromatic amines is 1. The second kappa shape index (κ2) is 9.62. The quantitative estimate of drug-likeness (QED) is 0.330. The van der Waals surface area contributed by atoms with Crippen molar-refractivity contribution in [1.29, 1.82) is 0 Å². The van der Waals surface area contributed by atoms with Gasteiger partial charge in [0.1, 0.15) is 11.4 Å². The topological polar surface area (TPSA) is 106 Å². The van der Waals surface area contributed by atoms with Crippen LogP contribution in [0.15, 0.2) is 65.3 Å². The summed E-state index contributed by atoms with van der Waals surface area (Å²) < 4.78 is 12.8. The Kier molecular flexibility index (Phi) is 6.36. The number of fused-ring (bicyclic) bond motifs is 2. The summed E-state index contributed by atoms with van der Waals surface area (Å²) in [6.45, 7) is 5.51. The fourth-order valence-corrected chi connectivity index (χ4v) is 4.79. The highest BCUT2D eigenvalue weighted by molar-refractivity contribution is 8.02. The van der Waals surface area contributed by atoms with Crippen LogP contribution in [0.4, 0.5) is 4.79 Å². The minimum Gasteiger partial charge on any atom is -0.497 e. The standard InChI is InChI=1S/C26H28N6O3S/c1-26(2,3)35-25(33)28-21(13-17-14-27-20-11-6-5-10-19(17)20)23-29-30-24-32(23)31-22(15-36-24)16-8-7-9-18(12-16)34-4/h5-12,14-15,21,27,31H,13H2,1-4H3,(H,28,33)/t21-/m0/s1. The van der Waals surface area contributed by atoms with Gasteiger partial charge in [0, 0.05) is 34.5 Å². The number of rotatable bonds is 6. The van der Waals surface area contributed by atoms with Crippen LogP contribution in [0, 0.1) is 0 Å². The summed E-state index contributed by atoms with van der Waals surface area (Å²) in [6.07, 6.45) is 1.94. The van der Waals surface area contributed by atoms with E-state index in [0.29, 0.717) is 17.4 Å². The molecule has 36 heavy (non-hydrogen) atoms. The summed E-state index contributed by atoms with van der Waals surface area (Å²) in [5.74, 6) is 1.33. The lowest BCUT2D eigenvalue weighted by molar-refractivity contribution is 0.0500. The zero-order valence-corrected chi connectivity index (χ0v) is 21.3. The molecule has 0 saturated carbocycles. The molecule has 5 rings (SSSR count). The van der Waals surface area contributed by atoms with Gasteiger partial charge in [-0.05, 0) is 44.5 Å². The second-order valence-corrected chi connectivity index (χ2v) is 10.3. The Morgan fingerprint density at radius 3 is 2.81 bits per heavy atom. The highest BCUT2D eigenvalue weighted by atomic mass is 32.2. The second-order valence-electron chi connectivity index (χ2n) is 9.43. The minimum absolute atomic E-state index is 0.492. The molecule has 3 heterocycles. The SMILES string of the molecule is COc1cccc(C2=CSc3nnc([C@H](Cc4c[nH]c5ccccc45)NC(=O)OC(C)(C)C)n3N2)c1. The summed E-state index contributed by atoms with van der Waals surface area (Å²) in [6, 6.07) is 15.4. The van der Waals surface area contributed by atoms with Crippen molar-refractivity contribution < 1.29 is 14.3 Å². The van der Waals surface area contributed by atoms with Gasteiger partial charge in [-0.3, -0.25) is 5.43 Å². The van der Waals surface area contributed by atoms with Gasteiger partial charge in [0.2, 0.25) is 5.16 Å². The molecule has 0 aliphatic carbocycles. The lowest BCUT2D eigenvalue weighted by atomic mass is 10.0. The van der Waals surface area contributed by atoms with Crippen LogP contribution < -0.4 is 15.5 Å². The normalized spacial score (nSPS) is 13.9. The number of H-pyrrole nitrogens is 1. The number of nitrogens with zero attached hydrogens (tertiary/aromatic N) is 3. The number of aromatic nitrogens is 4. The molecule has 1 aliphatic rings. The van der Waals surface area contributed by atoms with Crippen LogP contribution in [-0.2, 0) is 11.2 Å². The third kappa shape index (κ3) is 5.03.